The summed E-state index contributed by atoms with van der Waals surface area (Å²) in [5.41, 5.74) is -0.363. The number of hydrogen-bond donors (Lipinski definition) is 1. The molecule has 1 saturated carbocycles. The Kier molecular flexibility index (Phi) is 4.71. The Morgan fingerprint density at radius 3 is 3.16 bits per heavy atom. The lowest BCUT2D eigenvalue weighted by Gasteiger charge is -2.36. The molecule has 1 aliphatic rings. The molecule has 0 saturated heterocycles. The third-order valence-corrected chi connectivity index (χ3v) is 3.79. The zero-order valence-corrected chi connectivity index (χ0v) is 11.8. The molecule has 0 aromatic carbocycles. The molecule has 0 spiro atoms. The van der Waals surface area contributed by atoms with Gasteiger partial charge in [-0.2, -0.15) is 4.98 Å². The van der Waals surface area contributed by atoms with Crippen LogP contribution in [0.15, 0.2) is 17.2 Å². The first-order valence-corrected chi connectivity index (χ1v) is 6.90. The monoisotopic (exact) mass is 265 g/mol. The second-order valence-electron chi connectivity index (χ2n) is 5.33. The van der Waals surface area contributed by atoms with E-state index >= 15 is 0 Å². The van der Waals surface area contributed by atoms with Gasteiger partial charge in [0.2, 0.25) is 11.7 Å². The van der Waals surface area contributed by atoms with Crippen molar-refractivity contribution in [3.63, 3.8) is 0 Å². The molecule has 1 aromatic heterocycles. The second kappa shape index (κ2) is 6.30. The third-order valence-electron chi connectivity index (χ3n) is 3.79. The van der Waals surface area contributed by atoms with Crippen molar-refractivity contribution in [3.8, 4) is 0 Å². The Morgan fingerprint density at radius 1 is 1.63 bits per heavy atom. The van der Waals surface area contributed by atoms with Gasteiger partial charge in [0.25, 0.3) is 0 Å². The Balaban J connectivity index is 2.08. The van der Waals surface area contributed by atoms with Gasteiger partial charge in [0.1, 0.15) is 5.60 Å². The third kappa shape index (κ3) is 3.22. The fourth-order valence-corrected chi connectivity index (χ4v) is 2.78. The molecule has 5 heteroatoms. The number of hydrogen-bond acceptors (Lipinski definition) is 5. The summed E-state index contributed by atoms with van der Waals surface area (Å²) in [6.07, 6.45) is 6.12. The lowest BCUT2D eigenvalue weighted by atomic mass is 9.78. The summed E-state index contributed by atoms with van der Waals surface area (Å²) in [5, 5.41) is 7.27. The molecule has 106 valence electrons. The highest BCUT2D eigenvalue weighted by molar-refractivity contribution is 5.04. The summed E-state index contributed by atoms with van der Waals surface area (Å²) in [7, 11) is 1.74. The molecule has 0 amide bonds. The average molecular weight is 265 g/mol. The van der Waals surface area contributed by atoms with Crippen LogP contribution in [0.3, 0.4) is 0 Å². The van der Waals surface area contributed by atoms with Crippen LogP contribution in [-0.4, -0.2) is 23.8 Å². The standard InChI is InChI=1S/C14H23N3O2/c1-4-8-15-10-12-16-13(17-19-12)14(18-3)7-5-6-11(2)9-14/h4,11,15H,1,5-10H2,2-3H3. The molecule has 1 fully saturated rings. The molecule has 2 atom stereocenters. The molecule has 1 N–H and O–H groups in total. The molecule has 19 heavy (non-hydrogen) atoms. The molecular weight excluding hydrogens is 242 g/mol. The molecule has 1 aliphatic carbocycles. The van der Waals surface area contributed by atoms with Crippen LogP contribution in [0.25, 0.3) is 0 Å². The molecule has 1 heterocycles. The van der Waals surface area contributed by atoms with E-state index in [0.29, 0.717) is 24.2 Å². The van der Waals surface area contributed by atoms with Gasteiger partial charge in [-0.25, -0.2) is 0 Å². The topological polar surface area (TPSA) is 60.2 Å². The summed E-state index contributed by atoms with van der Waals surface area (Å²) in [4.78, 5) is 4.48. The number of rotatable bonds is 6. The second-order valence-corrected chi connectivity index (χ2v) is 5.33. The molecule has 2 rings (SSSR count). The minimum absolute atomic E-state index is 0.363. The average Bonchev–Trinajstić information content (AvgIpc) is 2.88. The Bertz CT molecular complexity index is 419. The van der Waals surface area contributed by atoms with Crippen molar-refractivity contribution >= 4 is 0 Å². The molecule has 1 aromatic rings. The first-order chi connectivity index (χ1) is 9.20. The van der Waals surface area contributed by atoms with Gasteiger partial charge in [-0.1, -0.05) is 24.6 Å². The van der Waals surface area contributed by atoms with Crippen LogP contribution in [0, 0.1) is 5.92 Å². The van der Waals surface area contributed by atoms with Crippen molar-refractivity contribution in [3.05, 3.63) is 24.4 Å². The van der Waals surface area contributed by atoms with Crippen molar-refractivity contribution < 1.29 is 9.26 Å². The van der Waals surface area contributed by atoms with E-state index in [4.69, 9.17) is 9.26 Å². The largest absolute Gasteiger partial charge is 0.370 e. The highest BCUT2D eigenvalue weighted by Crippen LogP contribution is 2.41. The fourth-order valence-electron chi connectivity index (χ4n) is 2.78. The van der Waals surface area contributed by atoms with Gasteiger partial charge in [-0.3, -0.25) is 0 Å². The Labute approximate surface area is 114 Å². The summed E-state index contributed by atoms with van der Waals surface area (Å²) < 4.78 is 11.0. The van der Waals surface area contributed by atoms with Crippen LogP contribution < -0.4 is 5.32 Å². The highest BCUT2D eigenvalue weighted by atomic mass is 16.5. The van der Waals surface area contributed by atoms with E-state index in [0.717, 1.165) is 25.8 Å². The number of ether oxygens (including phenoxy) is 1. The number of aromatic nitrogens is 2. The van der Waals surface area contributed by atoms with Crippen LogP contribution >= 0.6 is 0 Å². The van der Waals surface area contributed by atoms with Crippen molar-refractivity contribution in [2.24, 2.45) is 5.92 Å². The number of methoxy groups -OCH3 is 1. The maximum atomic E-state index is 5.75. The van der Waals surface area contributed by atoms with Crippen molar-refractivity contribution in [1.29, 1.82) is 0 Å². The van der Waals surface area contributed by atoms with Crippen LogP contribution in [0.1, 0.15) is 44.3 Å². The molecule has 0 bridgehead atoms. The van der Waals surface area contributed by atoms with Gasteiger partial charge in [0.05, 0.1) is 6.54 Å². The van der Waals surface area contributed by atoms with Gasteiger partial charge in [0.15, 0.2) is 0 Å². The van der Waals surface area contributed by atoms with Gasteiger partial charge >= 0.3 is 0 Å². The first-order valence-electron chi connectivity index (χ1n) is 6.90. The maximum absolute atomic E-state index is 5.75. The summed E-state index contributed by atoms with van der Waals surface area (Å²) >= 11 is 0. The minimum Gasteiger partial charge on any atom is -0.370 e. The quantitative estimate of drug-likeness (QED) is 0.632. The van der Waals surface area contributed by atoms with Gasteiger partial charge in [0, 0.05) is 13.7 Å². The first kappa shape index (κ1) is 14.2. The minimum atomic E-state index is -0.363. The Hall–Kier alpha value is -1.20. The molecular formula is C14H23N3O2. The fraction of sp³-hybridized carbons (Fsp3) is 0.714. The molecule has 5 nitrogen and oxygen atoms in total. The maximum Gasteiger partial charge on any atom is 0.240 e. The van der Waals surface area contributed by atoms with Crippen molar-refractivity contribution in [1.82, 2.24) is 15.5 Å². The van der Waals surface area contributed by atoms with Crippen LogP contribution in [0.2, 0.25) is 0 Å². The predicted molar refractivity (Wildman–Crippen MR) is 72.5 cm³/mol. The zero-order valence-electron chi connectivity index (χ0n) is 11.8. The lowest BCUT2D eigenvalue weighted by molar-refractivity contribution is -0.0658. The van der Waals surface area contributed by atoms with E-state index in [1.54, 1.807) is 13.2 Å². The van der Waals surface area contributed by atoms with E-state index in [2.05, 4.69) is 29.0 Å². The smallest absolute Gasteiger partial charge is 0.240 e. The number of nitrogens with one attached hydrogen (secondary N) is 1. The summed E-state index contributed by atoms with van der Waals surface area (Å²) in [6, 6.07) is 0. The van der Waals surface area contributed by atoms with Gasteiger partial charge in [-0.15, -0.1) is 6.58 Å². The molecule has 2 unspecified atom stereocenters. The lowest BCUT2D eigenvalue weighted by Crippen LogP contribution is -2.35. The van der Waals surface area contributed by atoms with Crippen molar-refractivity contribution in [2.45, 2.75) is 44.8 Å². The van der Waals surface area contributed by atoms with Crippen molar-refractivity contribution in [2.75, 3.05) is 13.7 Å². The predicted octanol–water partition coefficient (Wildman–Crippen LogP) is 2.40. The summed E-state index contributed by atoms with van der Waals surface area (Å²) in [6.45, 7) is 7.19. The molecule has 0 radical (unpaired) electrons. The van der Waals surface area contributed by atoms with Gasteiger partial charge < -0.3 is 14.6 Å². The van der Waals surface area contributed by atoms with E-state index in [9.17, 15) is 0 Å². The zero-order chi connectivity index (χ0) is 13.7. The van der Waals surface area contributed by atoms with Gasteiger partial charge in [-0.05, 0) is 25.2 Å². The normalized spacial score (nSPS) is 27.4. The summed E-state index contributed by atoms with van der Waals surface area (Å²) in [5.74, 6) is 1.93. The van der Waals surface area contributed by atoms with E-state index in [-0.39, 0.29) is 5.60 Å². The van der Waals surface area contributed by atoms with Crippen LogP contribution in [-0.2, 0) is 16.9 Å². The number of nitrogens with zero attached hydrogens (tertiary/aromatic N) is 2. The van der Waals surface area contributed by atoms with E-state index in [1.165, 1.54) is 6.42 Å². The van der Waals surface area contributed by atoms with Crippen LogP contribution in [0.5, 0.6) is 0 Å². The molecule has 0 aliphatic heterocycles. The SMILES string of the molecule is C=CCNCc1nc(C2(OC)CCCC(C)C2)no1. The highest BCUT2D eigenvalue weighted by Gasteiger charge is 2.40. The Morgan fingerprint density at radius 2 is 2.47 bits per heavy atom. The van der Waals surface area contributed by atoms with E-state index in [1.807, 2.05) is 0 Å². The van der Waals surface area contributed by atoms with Crippen LogP contribution in [0.4, 0.5) is 0 Å². The van der Waals surface area contributed by atoms with E-state index < -0.39 is 0 Å².